The molecule has 0 unspecified atom stereocenters. The summed E-state index contributed by atoms with van der Waals surface area (Å²) in [4.78, 5) is 26.9. The number of carbonyl (C=O) groups excluding carboxylic acids is 1. The van der Waals surface area contributed by atoms with E-state index in [2.05, 4.69) is 4.98 Å². The Morgan fingerprint density at radius 1 is 1.56 bits per heavy atom. The highest BCUT2D eigenvalue weighted by Gasteiger charge is 2.21. The topological polar surface area (TPSA) is 70.4 Å². The summed E-state index contributed by atoms with van der Waals surface area (Å²) in [5.41, 5.74) is -0.747. The lowest BCUT2D eigenvalue weighted by Gasteiger charge is -2.08. The van der Waals surface area contributed by atoms with E-state index in [1.165, 1.54) is 14.2 Å². The standard InChI is InChI=1S/C9H11ClN2O4/c1-4-16-8(14)5-6(15-3)7(13)12(2)9(10)11-5/h4H2,1-3H3. The van der Waals surface area contributed by atoms with Crippen molar-refractivity contribution in [3.63, 3.8) is 0 Å². The normalized spacial score (nSPS) is 10.0. The van der Waals surface area contributed by atoms with Crippen LogP contribution in [0.1, 0.15) is 17.4 Å². The molecule has 0 aliphatic rings. The number of rotatable bonds is 3. The fourth-order valence-corrected chi connectivity index (χ4v) is 1.24. The number of hydrogen-bond acceptors (Lipinski definition) is 5. The van der Waals surface area contributed by atoms with Crippen molar-refractivity contribution >= 4 is 17.6 Å². The van der Waals surface area contributed by atoms with Crippen LogP contribution in [0.15, 0.2) is 4.79 Å². The zero-order valence-corrected chi connectivity index (χ0v) is 9.87. The van der Waals surface area contributed by atoms with E-state index in [1.54, 1.807) is 6.92 Å². The van der Waals surface area contributed by atoms with Crippen molar-refractivity contribution in [1.82, 2.24) is 9.55 Å². The predicted octanol–water partition coefficient (Wildman–Crippen LogP) is 0.619. The molecular weight excluding hydrogens is 236 g/mol. The van der Waals surface area contributed by atoms with E-state index in [4.69, 9.17) is 21.1 Å². The number of hydrogen-bond donors (Lipinski definition) is 0. The Balaban J connectivity index is 3.39. The fraction of sp³-hybridized carbons (Fsp3) is 0.444. The molecular formula is C9H11ClN2O4. The average Bonchev–Trinajstić information content (AvgIpc) is 2.26. The number of ether oxygens (including phenoxy) is 2. The van der Waals surface area contributed by atoms with Crippen LogP contribution in [0, 0.1) is 0 Å². The molecule has 0 fully saturated rings. The zero-order valence-electron chi connectivity index (χ0n) is 9.11. The molecule has 1 aromatic rings. The van der Waals surface area contributed by atoms with Crippen molar-refractivity contribution in [3.8, 4) is 5.75 Å². The summed E-state index contributed by atoms with van der Waals surface area (Å²) in [7, 11) is 2.70. The van der Waals surface area contributed by atoms with Gasteiger partial charge in [-0.1, -0.05) is 0 Å². The van der Waals surface area contributed by atoms with Crippen LogP contribution in [0.4, 0.5) is 0 Å². The van der Waals surface area contributed by atoms with Gasteiger partial charge in [0.05, 0.1) is 13.7 Å². The molecule has 0 amide bonds. The Hall–Kier alpha value is -1.56. The summed E-state index contributed by atoms with van der Waals surface area (Å²) in [6.45, 7) is 1.82. The van der Waals surface area contributed by atoms with Gasteiger partial charge in [-0.2, -0.15) is 0 Å². The molecule has 1 rings (SSSR count). The van der Waals surface area contributed by atoms with Crippen LogP contribution in [-0.4, -0.2) is 29.2 Å². The van der Waals surface area contributed by atoms with Gasteiger partial charge in [-0.3, -0.25) is 9.36 Å². The van der Waals surface area contributed by atoms with E-state index in [0.717, 1.165) is 4.57 Å². The number of methoxy groups -OCH3 is 1. The van der Waals surface area contributed by atoms with E-state index in [9.17, 15) is 9.59 Å². The lowest BCUT2D eigenvalue weighted by Crippen LogP contribution is -2.24. The third-order valence-electron chi connectivity index (χ3n) is 1.87. The van der Waals surface area contributed by atoms with Gasteiger partial charge in [-0.15, -0.1) is 0 Å². The lowest BCUT2D eigenvalue weighted by atomic mass is 10.3. The minimum atomic E-state index is -0.737. The second-order valence-corrected chi connectivity index (χ2v) is 3.19. The number of esters is 1. The molecule has 0 N–H and O–H groups in total. The Bertz CT molecular complexity index is 469. The van der Waals surface area contributed by atoms with E-state index in [0.29, 0.717) is 0 Å². The molecule has 0 bridgehead atoms. The second kappa shape index (κ2) is 4.98. The Kier molecular flexibility index (Phi) is 3.89. The first-order valence-electron chi connectivity index (χ1n) is 4.50. The highest BCUT2D eigenvalue weighted by atomic mass is 35.5. The molecule has 6 nitrogen and oxygen atoms in total. The van der Waals surface area contributed by atoms with Crippen molar-refractivity contribution in [3.05, 3.63) is 21.3 Å². The van der Waals surface area contributed by atoms with Crippen LogP contribution in [-0.2, 0) is 11.8 Å². The van der Waals surface area contributed by atoms with Gasteiger partial charge in [0.1, 0.15) is 0 Å². The van der Waals surface area contributed by atoms with Crippen molar-refractivity contribution in [2.45, 2.75) is 6.92 Å². The monoisotopic (exact) mass is 246 g/mol. The van der Waals surface area contributed by atoms with Gasteiger partial charge in [-0.25, -0.2) is 9.78 Å². The van der Waals surface area contributed by atoms with Gasteiger partial charge in [-0.05, 0) is 18.5 Å². The van der Waals surface area contributed by atoms with Gasteiger partial charge in [0.25, 0.3) is 5.56 Å². The minimum absolute atomic E-state index is 0.103. The summed E-state index contributed by atoms with van der Waals surface area (Å²) >= 11 is 5.68. The first-order chi connectivity index (χ1) is 7.52. The van der Waals surface area contributed by atoms with Crippen molar-refractivity contribution in [1.29, 1.82) is 0 Å². The maximum atomic E-state index is 11.7. The quantitative estimate of drug-likeness (QED) is 0.578. The summed E-state index contributed by atoms with van der Waals surface area (Å²) < 4.78 is 10.6. The average molecular weight is 247 g/mol. The molecule has 0 saturated heterocycles. The number of aromatic nitrogens is 2. The SMILES string of the molecule is CCOC(=O)c1nc(Cl)n(C)c(=O)c1OC. The largest absolute Gasteiger partial charge is 0.489 e. The summed E-state index contributed by atoms with van der Waals surface area (Å²) in [5, 5.41) is -0.103. The fourth-order valence-electron chi connectivity index (χ4n) is 1.08. The van der Waals surface area contributed by atoms with E-state index in [-0.39, 0.29) is 23.3 Å². The molecule has 7 heteroatoms. The summed E-state index contributed by atoms with van der Waals surface area (Å²) in [6.07, 6.45) is 0. The van der Waals surface area contributed by atoms with E-state index in [1.807, 2.05) is 0 Å². The van der Waals surface area contributed by atoms with Crippen LogP contribution >= 0.6 is 11.6 Å². The van der Waals surface area contributed by atoms with E-state index < -0.39 is 11.5 Å². The Morgan fingerprint density at radius 2 is 2.19 bits per heavy atom. The molecule has 16 heavy (non-hydrogen) atoms. The van der Waals surface area contributed by atoms with Gasteiger partial charge >= 0.3 is 5.97 Å². The predicted molar refractivity (Wildman–Crippen MR) is 57.0 cm³/mol. The molecule has 1 aromatic heterocycles. The molecule has 88 valence electrons. The molecule has 0 saturated carbocycles. The number of nitrogens with zero attached hydrogens (tertiary/aromatic N) is 2. The van der Waals surface area contributed by atoms with Crippen LogP contribution in [0.5, 0.6) is 5.75 Å². The zero-order chi connectivity index (χ0) is 12.3. The maximum Gasteiger partial charge on any atom is 0.361 e. The molecule has 1 heterocycles. The molecule has 0 spiro atoms. The maximum absolute atomic E-state index is 11.7. The smallest absolute Gasteiger partial charge is 0.361 e. The Morgan fingerprint density at radius 3 is 2.69 bits per heavy atom. The molecule has 0 aliphatic heterocycles. The Labute approximate surface area is 96.8 Å². The third kappa shape index (κ3) is 2.16. The number of carbonyl (C=O) groups is 1. The lowest BCUT2D eigenvalue weighted by molar-refractivity contribution is 0.0514. The molecule has 0 aliphatic carbocycles. The number of halogens is 1. The summed E-state index contributed by atoms with van der Waals surface area (Å²) in [5.74, 6) is -0.913. The van der Waals surface area contributed by atoms with Crippen molar-refractivity contribution < 1.29 is 14.3 Å². The van der Waals surface area contributed by atoms with Crippen LogP contribution in [0.3, 0.4) is 0 Å². The highest BCUT2D eigenvalue weighted by molar-refractivity contribution is 6.28. The van der Waals surface area contributed by atoms with Crippen LogP contribution in [0.2, 0.25) is 5.28 Å². The van der Waals surface area contributed by atoms with E-state index >= 15 is 0 Å². The first-order valence-corrected chi connectivity index (χ1v) is 4.88. The molecule has 0 radical (unpaired) electrons. The van der Waals surface area contributed by atoms with Crippen LogP contribution < -0.4 is 10.3 Å². The van der Waals surface area contributed by atoms with Gasteiger partial charge in [0.2, 0.25) is 11.0 Å². The summed E-state index contributed by atoms with van der Waals surface area (Å²) in [6, 6.07) is 0. The first kappa shape index (κ1) is 12.5. The van der Waals surface area contributed by atoms with Crippen molar-refractivity contribution in [2.24, 2.45) is 7.05 Å². The minimum Gasteiger partial charge on any atom is -0.489 e. The highest BCUT2D eigenvalue weighted by Crippen LogP contribution is 2.14. The van der Waals surface area contributed by atoms with Gasteiger partial charge in [0, 0.05) is 7.05 Å². The van der Waals surface area contributed by atoms with Crippen molar-refractivity contribution in [2.75, 3.05) is 13.7 Å². The van der Waals surface area contributed by atoms with Gasteiger partial charge in [0.15, 0.2) is 5.69 Å². The third-order valence-corrected chi connectivity index (χ3v) is 2.21. The second-order valence-electron chi connectivity index (χ2n) is 2.85. The van der Waals surface area contributed by atoms with Crippen LogP contribution in [0.25, 0.3) is 0 Å². The molecule has 0 aromatic carbocycles. The molecule has 0 atom stereocenters. The van der Waals surface area contributed by atoms with Gasteiger partial charge < -0.3 is 9.47 Å².